The van der Waals surface area contributed by atoms with Crippen LogP contribution in [0.25, 0.3) is 61.7 Å². The average Bonchev–Trinajstić information content (AvgIpc) is 3.30. The molecule has 0 N–H and O–H groups in total. The first-order valence-electron chi connectivity index (χ1n) is 19.8. The second-order valence-electron chi connectivity index (χ2n) is 14.9. The molecular formula is C56H41N. The van der Waals surface area contributed by atoms with Crippen molar-refractivity contribution in [3.8, 4) is 55.6 Å². The summed E-state index contributed by atoms with van der Waals surface area (Å²) in [5.41, 5.74) is 18.2. The average molecular weight is 728 g/mol. The zero-order chi connectivity index (χ0) is 38.0. The van der Waals surface area contributed by atoms with E-state index in [-0.39, 0.29) is 11.8 Å². The largest absolute Gasteiger partial charge is 0.314 e. The number of nitrogens with zero attached hydrogens (tertiary/aromatic N) is 1. The lowest BCUT2D eigenvalue weighted by Gasteiger charge is -2.39. The van der Waals surface area contributed by atoms with Gasteiger partial charge in [0, 0.05) is 28.9 Å². The molecule has 0 aromatic heterocycles. The molecule has 10 rings (SSSR count). The fraction of sp³-hybridized carbons (Fsp3) is 0.0357. The van der Waals surface area contributed by atoms with E-state index in [9.17, 15) is 0 Å². The molecule has 270 valence electrons. The second-order valence-corrected chi connectivity index (χ2v) is 14.9. The predicted octanol–water partition coefficient (Wildman–Crippen LogP) is 15.0. The van der Waals surface area contributed by atoms with Gasteiger partial charge in [-0.1, -0.05) is 200 Å². The summed E-state index contributed by atoms with van der Waals surface area (Å²) < 4.78 is 0. The molecule has 0 radical (unpaired) electrons. The summed E-state index contributed by atoms with van der Waals surface area (Å²) in [6.45, 7) is 0. The monoisotopic (exact) mass is 727 g/mol. The molecule has 2 aliphatic carbocycles. The number of benzene rings is 8. The van der Waals surface area contributed by atoms with E-state index in [1.54, 1.807) is 0 Å². The van der Waals surface area contributed by atoms with E-state index in [4.69, 9.17) is 0 Å². The highest BCUT2D eigenvalue weighted by molar-refractivity contribution is 5.90. The van der Waals surface area contributed by atoms with Crippen molar-refractivity contribution in [2.24, 2.45) is 5.92 Å². The summed E-state index contributed by atoms with van der Waals surface area (Å²) in [6, 6.07) is 75.0. The lowest BCUT2D eigenvalue weighted by molar-refractivity contribution is 0.643. The minimum absolute atomic E-state index is 0.175. The third-order valence-electron chi connectivity index (χ3n) is 11.5. The molecule has 2 atom stereocenters. The molecule has 0 heterocycles. The van der Waals surface area contributed by atoms with Gasteiger partial charge in [-0.15, -0.1) is 0 Å². The minimum atomic E-state index is 0.175. The molecule has 0 spiro atoms. The molecule has 57 heavy (non-hydrogen) atoms. The van der Waals surface area contributed by atoms with Crippen molar-refractivity contribution in [2.75, 3.05) is 4.90 Å². The van der Waals surface area contributed by atoms with Gasteiger partial charge in [-0.3, -0.25) is 0 Å². The van der Waals surface area contributed by atoms with Gasteiger partial charge >= 0.3 is 0 Å². The van der Waals surface area contributed by atoms with Crippen molar-refractivity contribution in [1.29, 1.82) is 0 Å². The molecule has 2 unspecified atom stereocenters. The van der Waals surface area contributed by atoms with Crippen molar-refractivity contribution < 1.29 is 0 Å². The van der Waals surface area contributed by atoms with Crippen LogP contribution in [-0.4, -0.2) is 0 Å². The molecule has 1 heteroatoms. The first-order valence-corrected chi connectivity index (χ1v) is 19.8. The standard InChI is InChI=1S/C56H41N/c1-4-15-40(16-5-1)43-27-29-45(30-28-43)55-39-50(35-36-52(55)47-23-14-22-46(37-47)42-19-8-3-9-20-42)57(49-33-31-44(32-34-49)41-17-6-2-7-18-41)56-38-48-21-10-11-24-51(48)53-25-12-13-26-54(53)56/h1-39,53-54H. The first kappa shape index (κ1) is 34.3. The van der Waals surface area contributed by atoms with Gasteiger partial charge in [0.15, 0.2) is 0 Å². The smallest absolute Gasteiger partial charge is 0.0465 e. The van der Waals surface area contributed by atoms with E-state index >= 15 is 0 Å². The summed E-state index contributed by atoms with van der Waals surface area (Å²) in [5.74, 6) is 0.428. The third kappa shape index (κ3) is 6.75. The molecule has 8 aromatic rings. The lowest BCUT2D eigenvalue weighted by Crippen LogP contribution is -2.28. The topological polar surface area (TPSA) is 3.24 Å². The Bertz CT molecular complexity index is 2760. The van der Waals surface area contributed by atoms with E-state index in [0.717, 1.165) is 11.4 Å². The third-order valence-corrected chi connectivity index (χ3v) is 11.5. The highest BCUT2D eigenvalue weighted by atomic mass is 15.2. The number of hydrogen-bond donors (Lipinski definition) is 0. The van der Waals surface area contributed by atoms with Crippen LogP contribution in [0.5, 0.6) is 0 Å². The predicted molar refractivity (Wildman–Crippen MR) is 241 cm³/mol. The van der Waals surface area contributed by atoms with Gasteiger partial charge < -0.3 is 4.90 Å². The molecule has 0 fully saturated rings. The Balaban J connectivity index is 1.16. The summed E-state index contributed by atoms with van der Waals surface area (Å²) in [5, 5.41) is 0. The van der Waals surface area contributed by atoms with Gasteiger partial charge in [-0.25, -0.2) is 0 Å². The Kier molecular flexibility index (Phi) is 9.10. The summed E-state index contributed by atoms with van der Waals surface area (Å²) in [6.07, 6.45) is 11.6. The Morgan fingerprint density at radius 3 is 1.47 bits per heavy atom. The summed E-state index contributed by atoms with van der Waals surface area (Å²) in [4.78, 5) is 2.50. The van der Waals surface area contributed by atoms with Crippen LogP contribution < -0.4 is 4.90 Å². The Morgan fingerprint density at radius 2 is 0.807 bits per heavy atom. The highest BCUT2D eigenvalue weighted by Gasteiger charge is 2.33. The Labute approximate surface area is 335 Å². The van der Waals surface area contributed by atoms with Crippen LogP contribution in [0.3, 0.4) is 0 Å². The maximum atomic E-state index is 2.50. The molecule has 1 nitrogen and oxygen atoms in total. The van der Waals surface area contributed by atoms with E-state index in [1.165, 1.54) is 72.5 Å². The van der Waals surface area contributed by atoms with Crippen molar-refractivity contribution in [3.63, 3.8) is 0 Å². The summed E-state index contributed by atoms with van der Waals surface area (Å²) in [7, 11) is 0. The number of anilines is 2. The minimum Gasteiger partial charge on any atom is -0.314 e. The SMILES string of the molecule is C1=CC2C(N(c3ccc(-c4ccccc4)cc3)c3ccc(-c4cccc(-c5ccccc5)c4)c(-c4ccc(-c5ccccc5)cc4)c3)=Cc3ccccc3C2C=C1. The van der Waals surface area contributed by atoms with Crippen LogP contribution in [0.1, 0.15) is 17.0 Å². The van der Waals surface area contributed by atoms with Gasteiger partial charge in [0.1, 0.15) is 0 Å². The molecule has 0 saturated carbocycles. The van der Waals surface area contributed by atoms with Gasteiger partial charge in [-0.2, -0.15) is 0 Å². The number of rotatable bonds is 8. The van der Waals surface area contributed by atoms with Crippen LogP contribution in [0.4, 0.5) is 11.4 Å². The maximum Gasteiger partial charge on any atom is 0.0465 e. The molecule has 8 aromatic carbocycles. The van der Waals surface area contributed by atoms with E-state index < -0.39 is 0 Å². The highest BCUT2D eigenvalue weighted by Crippen LogP contribution is 2.48. The van der Waals surface area contributed by atoms with Crippen LogP contribution in [0, 0.1) is 5.92 Å². The molecular weight excluding hydrogens is 687 g/mol. The quantitative estimate of drug-likeness (QED) is 0.151. The molecule has 0 bridgehead atoms. The first-order chi connectivity index (χ1) is 28.3. The van der Waals surface area contributed by atoms with E-state index in [2.05, 4.69) is 242 Å². The van der Waals surface area contributed by atoms with Gasteiger partial charge in [-0.05, 0) is 103 Å². The van der Waals surface area contributed by atoms with Crippen LogP contribution in [-0.2, 0) is 0 Å². The molecule has 0 saturated heterocycles. The van der Waals surface area contributed by atoms with Gasteiger partial charge in [0.2, 0.25) is 0 Å². The van der Waals surface area contributed by atoms with Crippen molar-refractivity contribution in [3.05, 3.63) is 247 Å². The zero-order valence-corrected chi connectivity index (χ0v) is 31.6. The van der Waals surface area contributed by atoms with Gasteiger partial charge in [0.05, 0.1) is 0 Å². The molecule has 0 aliphatic heterocycles. The van der Waals surface area contributed by atoms with Crippen molar-refractivity contribution in [1.82, 2.24) is 0 Å². The van der Waals surface area contributed by atoms with Crippen molar-refractivity contribution in [2.45, 2.75) is 5.92 Å². The lowest BCUT2D eigenvalue weighted by atomic mass is 9.74. The van der Waals surface area contributed by atoms with Crippen LogP contribution >= 0.6 is 0 Å². The Morgan fingerprint density at radius 1 is 0.316 bits per heavy atom. The Hall–Kier alpha value is -7.22. The van der Waals surface area contributed by atoms with E-state index in [0.29, 0.717) is 0 Å². The summed E-state index contributed by atoms with van der Waals surface area (Å²) >= 11 is 0. The van der Waals surface area contributed by atoms with Gasteiger partial charge in [0.25, 0.3) is 0 Å². The molecule has 0 amide bonds. The van der Waals surface area contributed by atoms with Crippen LogP contribution in [0.2, 0.25) is 0 Å². The maximum absolute atomic E-state index is 2.50. The fourth-order valence-electron chi connectivity index (χ4n) is 8.61. The van der Waals surface area contributed by atoms with Crippen molar-refractivity contribution >= 4 is 17.5 Å². The fourth-order valence-corrected chi connectivity index (χ4v) is 8.61. The zero-order valence-electron chi connectivity index (χ0n) is 31.6. The number of fused-ring (bicyclic) bond motifs is 3. The molecule has 2 aliphatic rings. The van der Waals surface area contributed by atoms with Crippen LogP contribution in [0.15, 0.2) is 236 Å². The number of allylic oxidation sites excluding steroid dienone is 4. The second kappa shape index (κ2) is 15.1. The normalized spacial score (nSPS) is 15.3. The van der Waals surface area contributed by atoms with E-state index in [1.807, 2.05) is 0 Å². The number of hydrogen-bond acceptors (Lipinski definition) is 1.